The molecule has 0 bridgehead atoms. The fourth-order valence-corrected chi connectivity index (χ4v) is 2.09. The van der Waals surface area contributed by atoms with Gasteiger partial charge in [-0.2, -0.15) is 0 Å². The number of benzene rings is 2. The molecule has 0 atom stereocenters. The number of amides is 2. The molecule has 0 saturated carbocycles. The van der Waals surface area contributed by atoms with Crippen LogP contribution < -0.4 is 20.1 Å². The zero-order valence-corrected chi connectivity index (χ0v) is 13.8. The number of alkyl halides is 3. The molecule has 6 nitrogen and oxygen atoms in total. The van der Waals surface area contributed by atoms with Crippen LogP contribution in [-0.4, -0.2) is 25.3 Å². The van der Waals surface area contributed by atoms with Gasteiger partial charge in [-0.3, -0.25) is 9.59 Å². The van der Waals surface area contributed by atoms with Crippen molar-refractivity contribution in [2.24, 2.45) is 0 Å². The molecule has 0 aliphatic heterocycles. The minimum absolute atomic E-state index is 0.117. The summed E-state index contributed by atoms with van der Waals surface area (Å²) in [6.07, 6.45) is -4.80. The fraction of sp³-hybridized carbons (Fsp3) is 0.176. The Morgan fingerprint density at radius 3 is 2.19 bits per heavy atom. The van der Waals surface area contributed by atoms with Crippen molar-refractivity contribution in [3.63, 3.8) is 0 Å². The molecule has 0 aromatic heterocycles. The van der Waals surface area contributed by atoms with E-state index in [9.17, 15) is 22.8 Å². The molecular weight excluding hydrogens is 353 g/mol. The third-order valence-electron chi connectivity index (χ3n) is 3.12. The van der Waals surface area contributed by atoms with Gasteiger partial charge in [-0.25, -0.2) is 0 Å². The second kappa shape index (κ2) is 7.77. The first-order chi connectivity index (χ1) is 12.2. The van der Waals surface area contributed by atoms with Crippen LogP contribution in [0.25, 0.3) is 0 Å². The van der Waals surface area contributed by atoms with Crippen LogP contribution >= 0.6 is 0 Å². The molecule has 0 aliphatic carbocycles. The summed E-state index contributed by atoms with van der Waals surface area (Å²) in [5.41, 5.74) is 0.855. The van der Waals surface area contributed by atoms with Crippen molar-refractivity contribution in [1.82, 2.24) is 0 Å². The molecular formula is C17H15F3N2O4. The maximum Gasteiger partial charge on any atom is 0.573 e. The lowest BCUT2D eigenvalue weighted by molar-refractivity contribution is -0.274. The van der Waals surface area contributed by atoms with E-state index in [1.807, 2.05) is 0 Å². The Bertz CT molecular complexity index is 805. The number of nitrogens with one attached hydrogen (secondary N) is 2. The van der Waals surface area contributed by atoms with Gasteiger partial charge >= 0.3 is 6.36 Å². The second-order valence-corrected chi connectivity index (χ2v) is 5.12. The van der Waals surface area contributed by atoms with Crippen molar-refractivity contribution < 1.29 is 32.2 Å². The third kappa shape index (κ3) is 5.40. The average Bonchev–Trinajstić information content (AvgIpc) is 2.53. The normalized spacial score (nSPS) is 10.8. The summed E-state index contributed by atoms with van der Waals surface area (Å²) in [7, 11) is 1.41. The summed E-state index contributed by atoms with van der Waals surface area (Å²) in [6, 6.07) is 9.11. The molecule has 26 heavy (non-hydrogen) atoms. The highest BCUT2D eigenvalue weighted by atomic mass is 19.4. The van der Waals surface area contributed by atoms with Gasteiger partial charge in [-0.1, -0.05) is 0 Å². The molecule has 2 N–H and O–H groups in total. The van der Waals surface area contributed by atoms with Crippen molar-refractivity contribution in [3.05, 3.63) is 48.0 Å². The maximum atomic E-state index is 12.3. The number of carbonyl (C=O) groups is 2. The van der Waals surface area contributed by atoms with Crippen LogP contribution in [0, 0.1) is 0 Å². The lowest BCUT2D eigenvalue weighted by Gasteiger charge is -2.13. The van der Waals surface area contributed by atoms with Crippen LogP contribution in [0.1, 0.15) is 17.3 Å². The molecule has 9 heteroatoms. The maximum absolute atomic E-state index is 12.3. The average molecular weight is 368 g/mol. The summed E-state index contributed by atoms with van der Waals surface area (Å²) in [4.78, 5) is 23.4. The van der Waals surface area contributed by atoms with Crippen molar-refractivity contribution >= 4 is 23.2 Å². The Balaban J connectivity index is 2.17. The smallest absolute Gasteiger partial charge is 0.495 e. The van der Waals surface area contributed by atoms with Crippen LogP contribution in [0.2, 0.25) is 0 Å². The summed E-state index contributed by atoms with van der Waals surface area (Å²) >= 11 is 0. The molecule has 2 rings (SSSR count). The molecule has 0 heterocycles. The lowest BCUT2D eigenvalue weighted by atomic mass is 10.2. The van der Waals surface area contributed by atoms with Gasteiger partial charge in [0.05, 0.1) is 12.8 Å². The number of carbonyl (C=O) groups excluding carboxylic acids is 2. The van der Waals surface area contributed by atoms with Crippen LogP contribution in [0.15, 0.2) is 42.5 Å². The number of halogens is 3. The van der Waals surface area contributed by atoms with Crippen molar-refractivity contribution in [1.29, 1.82) is 0 Å². The highest BCUT2D eigenvalue weighted by molar-refractivity contribution is 6.05. The highest BCUT2D eigenvalue weighted by Crippen LogP contribution is 2.29. The molecule has 0 unspecified atom stereocenters. The topological polar surface area (TPSA) is 76.7 Å². The van der Waals surface area contributed by atoms with Crippen LogP contribution in [0.3, 0.4) is 0 Å². The predicted octanol–water partition coefficient (Wildman–Crippen LogP) is 3.80. The number of hydrogen-bond donors (Lipinski definition) is 2. The molecule has 0 radical (unpaired) electrons. The Hall–Kier alpha value is -3.23. The molecule has 138 valence electrons. The SMILES string of the molecule is COc1ccc(NC(C)=O)cc1NC(=O)c1ccc(OC(F)(F)F)cc1. The van der Waals surface area contributed by atoms with Crippen molar-refractivity contribution in [2.75, 3.05) is 17.7 Å². The van der Waals surface area contributed by atoms with E-state index in [0.717, 1.165) is 12.1 Å². The van der Waals surface area contributed by atoms with Crippen LogP contribution in [0.4, 0.5) is 24.5 Å². The first kappa shape index (κ1) is 19.1. The van der Waals surface area contributed by atoms with Gasteiger partial charge < -0.3 is 20.1 Å². The number of hydrogen-bond acceptors (Lipinski definition) is 4. The highest BCUT2D eigenvalue weighted by Gasteiger charge is 2.31. The van der Waals surface area contributed by atoms with Gasteiger partial charge in [-0.15, -0.1) is 13.2 Å². The van der Waals surface area contributed by atoms with Crippen molar-refractivity contribution in [3.8, 4) is 11.5 Å². The number of rotatable bonds is 5. The van der Waals surface area contributed by atoms with E-state index < -0.39 is 18.0 Å². The minimum atomic E-state index is -4.80. The van der Waals surface area contributed by atoms with Gasteiger partial charge in [0.25, 0.3) is 5.91 Å². The van der Waals surface area contributed by atoms with Gasteiger partial charge in [0.2, 0.25) is 5.91 Å². The standard InChI is InChI=1S/C17H15F3N2O4/c1-10(23)21-12-5-8-15(25-2)14(9-12)22-16(24)11-3-6-13(7-4-11)26-17(18,19)20/h3-9H,1-2H3,(H,21,23)(H,22,24). The Kier molecular flexibility index (Phi) is 5.71. The summed E-state index contributed by atoms with van der Waals surface area (Å²) in [5, 5.41) is 5.15. The van der Waals surface area contributed by atoms with Crippen molar-refractivity contribution in [2.45, 2.75) is 13.3 Å². The zero-order valence-electron chi connectivity index (χ0n) is 13.8. The molecule has 0 saturated heterocycles. The van der Waals surface area contributed by atoms with Crippen LogP contribution in [-0.2, 0) is 4.79 Å². The van der Waals surface area contributed by atoms with E-state index in [1.165, 1.54) is 32.2 Å². The second-order valence-electron chi connectivity index (χ2n) is 5.12. The monoisotopic (exact) mass is 368 g/mol. The van der Waals surface area contributed by atoms with Gasteiger partial charge in [0.1, 0.15) is 11.5 Å². The molecule has 2 aromatic rings. The lowest BCUT2D eigenvalue weighted by Crippen LogP contribution is -2.17. The van der Waals surface area contributed by atoms with E-state index in [1.54, 1.807) is 12.1 Å². The molecule has 0 fully saturated rings. The summed E-state index contributed by atoms with van der Waals surface area (Å²) < 4.78 is 45.4. The zero-order chi connectivity index (χ0) is 19.3. The van der Waals surface area contributed by atoms with E-state index in [4.69, 9.17) is 4.74 Å². The van der Waals surface area contributed by atoms with Gasteiger partial charge in [0.15, 0.2) is 0 Å². The Labute approximate surface area is 146 Å². The van der Waals surface area contributed by atoms with E-state index in [0.29, 0.717) is 17.1 Å². The van der Waals surface area contributed by atoms with Gasteiger partial charge in [0, 0.05) is 18.2 Å². The Morgan fingerprint density at radius 1 is 1.00 bits per heavy atom. The van der Waals surface area contributed by atoms with Gasteiger partial charge in [-0.05, 0) is 42.5 Å². The Morgan fingerprint density at radius 2 is 1.65 bits per heavy atom. The molecule has 0 aliphatic rings. The summed E-state index contributed by atoms with van der Waals surface area (Å²) in [5.74, 6) is -0.932. The predicted molar refractivity (Wildman–Crippen MR) is 88.4 cm³/mol. The molecule has 0 spiro atoms. The molecule has 2 aromatic carbocycles. The van der Waals surface area contributed by atoms with E-state index in [2.05, 4.69) is 15.4 Å². The minimum Gasteiger partial charge on any atom is -0.495 e. The quantitative estimate of drug-likeness (QED) is 0.842. The molecule has 2 amide bonds. The third-order valence-corrected chi connectivity index (χ3v) is 3.12. The number of ether oxygens (including phenoxy) is 2. The first-order valence-corrected chi connectivity index (χ1v) is 7.31. The largest absolute Gasteiger partial charge is 0.573 e. The number of anilines is 2. The first-order valence-electron chi connectivity index (χ1n) is 7.31. The summed E-state index contributed by atoms with van der Waals surface area (Å²) in [6.45, 7) is 1.34. The van der Waals surface area contributed by atoms with E-state index >= 15 is 0 Å². The number of methoxy groups -OCH3 is 1. The van der Waals surface area contributed by atoms with E-state index in [-0.39, 0.29) is 11.5 Å². The van der Waals surface area contributed by atoms with Crippen LogP contribution in [0.5, 0.6) is 11.5 Å². The fourth-order valence-electron chi connectivity index (χ4n) is 2.09.